The number of rotatable bonds is 5. The van der Waals surface area contributed by atoms with Crippen LogP contribution in [0.15, 0.2) is 18.2 Å². The molecule has 0 atom stereocenters. The third-order valence-corrected chi connectivity index (χ3v) is 4.59. The topological polar surface area (TPSA) is 34.9 Å². The Morgan fingerprint density at radius 1 is 1.29 bits per heavy atom. The first-order valence-electron chi connectivity index (χ1n) is 6.83. The van der Waals surface area contributed by atoms with Gasteiger partial charge in [-0.15, -0.1) is 0 Å². The van der Waals surface area contributed by atoms with Crippen molar-refractivity contribution in [3.63, 3.8) is 0 Å². The van der Waals surface area contributed by atoms with Crippen LogP contribution in [0.5, 0.6) is 0 Å². The number of nitrogens with zero attached hydrogens (tertiary/aromatic N) is 2. The van der Waals surface area contributed by atoms with Crippen LogP contribution in [0.3, 0.4) is 0 Å². The van der Waals surface area contributed by atoms with Gasteiger partial charge in [0.05, 0.1) is 15.7 Å². The van der Waals surface area contributed by atoms with E-state index in [2.05, 4.69) is 5.10 Å². The molecule has 0 fully saturated rings. The van der Waals surface area contributed by atoms with E-state index < -0.39 is 0 Å². The average Bonchev–Trinajstić information content (AvgIpc) is 2.67. The maximum atomic E-state index is 12.1. The largest absolute Gasteiger partial charge is 0.299 e. The molecule has 0 aliphatic rings. The predicted molar refractivity (Wildman–Crippen MR) is 86.2 cm³/mol. The Hall–Kier alpha value is -1.32. The molecule has 1 aromatic heterocycles. The van der Waals surface area contributed by atoms with Crippen molar-refractivity contribution in [1.82, 2.24) is 9.78 Å². The van der Waals surface area contributed by atoms with Crippen molar-refractivity contribution in [3.05, 3.63) is 50.8 Å². The zero-order valence-electron chi connectivity index (χ0n) is 12.4. The van der Waals surface area contributed by atoms with Gasteiger partial charge in [-0.25, -0.2) is 0 Å². The minimum Gasteiger partial charge on any atom is -0.299 e. The van der Waals surface area contributed by atoms with Crippen molar-refractivity contribution in [2.24, 2.45) is 7.05 Å². The number of carbonyl (C=O) groups is 1. The summed E-state index contributed by atoms with van der Waals surface area (Å²) in [7, 11) is 1.92. The predicted octanol–water partition coefficient (Wildman–Crippen LogP) is 4.09. The molecule has 0 amide bonds. The van der Waals surface area contributed by atoms with Gasteiger partial charge in [-0.05, 0) is 37.5 Å². The highest BCUT2D eigenvalue weighted by molar-refractivity contribution is 6.42. The zero-order chi connectivity index (χ0) is 15.6. The summed E-state index contributed by atoms with van der Waals surface area (Å²) in [5.41, 5.74) is 4.04. The molecule has 0 saturated heterocycles. The van der Waals surface area contributed by atoms with Crippen molar-refractivity contribution in [2.45, 2.75) is 33.1 Å². The highest BCUT2D eigenvalue weighted by Gasteiger charge is 2.13. The normalized spacial score (nSPS) is 10.9. The van der Waals surface area contributed by atoms with Gasteiger partial charge in [0.25, 0.3) is 0 Å². The number of aryl methyl sites for hydroxylation is 2. The number of aromatic nitrogens is 2. The molecule has 1 aromatic carbocycles. The SMILES string of the molecule is Cc1nn(C)c(C)c1CCC(=O)Cc1cccc(Cl)c1Cl. The van der Waals surface area contributed by atoms with E-state index in [0.29, 0.717) is 29.3 Å². The van der Waals surface area contributed by atoms with E-state index >= 15 is 0 Å². The Morgan fingerprint density at radius 3 is 2.62 bits per heavy atom. The fourth-order valence-electron chi connectivity index (χ4n) is 2.43. The van der Waals surface area contributed by atoms with E-state index in [1.165, 1.54) is 0 Å². The van der Waals surface area contributed by atoms with Crippen molar-refractivity contribution in [3.8, 4) is 0 Å². The number of Topliss-reactive ketones (excluding diaryl/α,β-unsaturated/α-hetero) is 1. The standard InChI is InChI=1S/C16H18Cl2N2O/c1-10-14(11(2)20(3)19-10)8-7-13(21)9-12-5-4-6-15(17)16(12)18/h4-6H,7-9H2,1-3H3. The van der Waals surface area contributed by atoms with Crippen LogP contribution in [-0.4, -0.2) is 15.6 Å². The summed E-state index contributed by atoms with van der Waals surface area (Å²) in [5, 5.41) is 5.33. The lowest BCUT2D eigenvalue weighted by molar-refractivity contribution is -0.118. The Kier molecular flexibility index (Phi) is 5.07. The first-order chi connectivity index (χ1) is 9.90. The van der Waals surface area contributed by atoms with Crippen molar-refractivity contribution < 1.29 is 4.79 Å². The van der Waals surface area contributed by atoms with Crippen LogP contribution in [0.25, 0.3) is 0 Å². The molecule has 0 spiro atoms. The van der Waals surface area contributed by atoms with Crippen LogP contribution in [0.1, 0.15) is 28.9 Å². The smallest absolute Gasteiger partial charge is 0.137 e. The van der Waals surface area contributed by atoms with Crippen LogP contribution in [0, 0.1) is 13.8 Å². The monoisotopic (exact) mass is 324 g/mol. The van der Waals surface area contributed by atoms with Crippen LogP contribution in [0.2, 0.25) is 10.0 Å². The Bertz CT molecular complexity index is 677. The second kappa shape index (κ2) is 6.63. The molecule has 0 bridgehead atoms. The minimum atomic E-state index is 0.154. The van der Waals surface area contributed by atoms with Gasteiger partial charge in [0.1, 0.15) is 5.78 Å². The minimum absolute atomic E-state index is 0.154. The average molecular weight is 325 g/mol. The van der Waals surface area contributed by atoms with E-state index in [0.717, 1.165) is 22.5 Å². The summed E-state index contributed by atoms with van der Waals surface area (Å²) < 4.78 is 1.85. The number of carbonyl (C=O) groups excluding carboxylic acids is 1. The van der Waals surface area contributed by atoms with Gasteiger partial charge in [-0.3, -0.25) is 9.48 Å². The summed E-state index contributed by atoms with van der Waals surface area (Å²) in [4.78, 5) is 12.1. The Labute approximate surface area is 134 Å². The number of hydrogen-bond acceptors (Lipinski definition) is 2. The fraction of sp³-hybridized carbons (Fsp3) is 0.375. The fourth-order valence-corrected chi connectivity index (χ4v) is 2.82. The van der Waals surface area contributed by atoms with Crippen LogP contribution in [0.4, 0.5) is 0 Å². The van der Waals surface area contributed by atoms with Crippen LogP contribution >= 0.6 is 23.2 Å². The maximum Gasteiger partial charge on any atom is 0.137 e. The van der Waals surface area contributed by atoms with E-state index in [9.17, 15) is 4.79 Å². The van der Waals surface area contributed by atoms with E-state index in [-0.39, 0.29) is 5.78 Å². The van der Waals surface area contributed by atoms with E-state index in [1.807, 2.05) is 37.7 Å². The lowest BCUT2D eigenvalue weighted by atomic mass is 10.0. The van der Waals surface area contributed by atoms with Gasteiger partial charge in [0.15, 0.2) is 0 Å². The number of ketones is 1. The molecule has 112 valence electrons. The number of benzene rings is 1. The number of hydrogen-bond donors (Lipinski definition) is 0. The molecule has 0 aliphatic heterocycles. The molecular formula is C16H18Cl2N2O. The molecule has 0 N–H and O–H groups in total. The molecule has 2 aromatic rings. The second-order valence-corrected chi connectivity index (χ2v) is 5.99. The first kappa shape index (κ1) is 16.1. The van der Waals surface area contributed by atoms with Gasteiger partial charge in [0.2, 0.25) is 0 Å². The summed E-state index contributed by atoms with van der Waals surface area (Å²) in [6.45, 7) is 3.99. The Morgan fingerprint density at radius 2 is 2.00 bits per heavy atom. The van der Waals surface area contributed by atoms with E-state index in [1.54, 1.807) is 6.07 Å². The number of halogens is 2. The molecule has 2 rings (SSSR count). The van der Waals surface area contributed by atoms with Gasteiger partial charge in [-0.1, -0.05) is 35.3 Å². The maximum absolute atomic E-state index is 12.1. The summed E-state index contributed by atoms with van der Waals surface area (Å²) >= 11 is 12.1. The van der Waals surface area contributed by atoms with Gasteiger partial charge in [-0.2, -0.15) is 5.10 Å². The quantitative estimate of drug-likeness (QED) is 0.830. The van der Waals surface area contributed by atoms with Gasteiger partial charge >= 0.3 is 0 Å². The first-order valence-corrected chi connectivity index (χ1v) is 7.59. The third-order valence-electron chi connectivity index (χ3n) is 3.73. The zero-order valence-corrected chi connectivity index (χ0v) is 13.9. The lowest BCUT2D eigenvalue weighted by Crippen LogP contribution is -2.06. The molecule has 21 heavy (non-hydrogen) atoms. The van der Waals surface area contributed by atoms with Crippen molar-refractivity contribution in [1.29, 1.82) is 0 Å². The second-order valence-electron chi connectivity index (χ2n) is 5.20. The van der Waals surface area contributed by atoms with Crippen molar-refractivity contribution >= 4 is 29.0 Å². The Balaban J connectivity index is 2.01. The molecule has 5 heteroatoms. The molecule has 1 heterocycles. The van der Waals surface area contributed by atoms with E-state index in [4.69, 9.17) is 23.2 Å². The molecule has 0 unspecified atom stereocenters. The molecular weight excluding hydrogens is 307 g/mol. The van der Waals surface area contributed by atoms with Crippen LogP contribution < -0.4 is 0 Å². The molecule has 0 radical (unpaired) electrons. The molecule has 3 nitrogen and oxygen atoms in total. The summed E-state index contributed by atoms with van der Waals surface area (Å²) in [6, 6.07) is 5.37. The molecule has 0 aliphatic carbocycles. The highest BCUT2D eigenvalue weighted by atomic mass is 35.5. The molecule has 0 saturated carbocycles. The van der Waals surface area contributed by atoms with Crippen LogP contribution in [-0.2, 0) is 24.7 Å². The lowest BCUT2D eigenvalue weighted by Gasteiger charge is -2.06. The van der Waals surface area contributed by atoms with Gasteiger partial charge < -0.3 is 0 Å². The third kappa shape index (κ3) is 3.66. The van der Waals surface area contributed by atoms with Crippen molar-refractivity contribution in [2.75, 3.05) is 0 Å². The van der Waals surface area contributed by atoms with Gasteiger partial charge in [0, 0.05) is 25.6 Å². The summed E-state index contributed by atoms with van der Waals surface area (Å²) in [6.07, 6.45) is 1.51. The highest BCUT2D eigenvalue weighted by Crippen LogP contribution is 2.26. The summed E-state index contributed by atoms with van der Waals surface area (Å²) in [5.74, 6) is 0.154.